The number of carboxylic acids is 1. The molecule has 88 valence electrons. The first kappa shape index (κ1) is 12.5. The number of hydrogen-bond acceptors (Lipinski definition) is 2. The summed E-state index contributed by atoms with van der Waals surface area (Å²) in [5, 5.41) is 9.37. The van der Waals surface area contributed by atoms with Crippen LogP contribution in [-0.2, 0) is 9.53 Å². The summed E-state index contributed by atoms with van der Waals surface area (Å²) in [5.74, 6) is -0.0862. The molecule has 0 saturated carbocycles. The second-order valence-electron chi connectivity index (χ2n) is 4.58. The molecule has 1 N–H and O–H groups in total. The van der Waals surface area contributed by atoms with Crippen LogP contribution in [-0.4, -0.2) is 24.3 Å². The lowest BCUT2D eigenvalue weighted by Crippen LogP contribution is -2.38. The van der Waals surface area contributed by atoms with Crippen LogP contribution in [0, 0.1) is 11.3 Å². The lowest BCUT2D eigenvalue weighted by atomic mass is 9.72. The molecule has 0 amide bonds. The molecule has 1 rings (SSSR count). The summed E-state index contributed by atoms with van der Waals surface area (Å²) >= 11 is 0. The Hall–Kier alpha value is -0.570. The fourth-order valence-corrected chi connectivity index (χ4v) is 2.40. The molecule has 1 aliphatic heterocycles. The number of ether oxygens (including phenoxy) is 1. The van der Waals surface area contributed by atoms with E-state index in [4.69, 9.17) is 4.74 Å². The monoisotopic (exact) mass is 214 g/mol. The minimum atomic E-state index is -0.627. The molecule has 0 aliphatic carbocycles. The van der Waals surface area contributed by atoms with Gasteiger partial charge in [0.2, 0.25) is 0 Å². The van der Waals surface area contributed by atoms with Gasteiger partial charge in [0.1, 0.15) is 0 Å². The molecule has 3 nitrogen and oxygen atoms in total. The lowest BCUT2D eigenvalue weighted by molar-refractivity contribution is -0.156. The van der Waals surface area contributed by atoms with Crippen LogP contribution in [0.25, 0.3) is 0 Å². The zero-order valence-corrected chi connectivity index (χ0v) is 9.79. The van der Waals surface area contributed by atoms with Gasteiger partial charge < -0.3 is 9.84 Å². The second-order valence-corrected chi connectivity index (χ2v) is 4.58. The Morgan fingerprint density at radius 1 is 1.33 bits per heavy atom. The molecule has 0 bridgehead atoms. The predicted octanol–water partition coefficient (Wildman–Crippen LogP) is 2.69. The van der Waals surface area contributed by atoms with Crippen molar-refractivity contribution in [3.05, 3.63) is 0 Å². The van der Waals surface area contributed by atoms with E-state index in [1.54, 1.807) is 0 Å². The average Bonchev–Trinajstić information content (AvgIpc) is 2.27. The van der Waals surface area contributed by atoms with Gasteiger partial charge in [0.05, 0.1) is 5.41 Å². The Kier molecular flexibility index (Phi) is 4.58. The number of carbonyl (C=O) groups is 1. The highest BCUT2D eigenvalue weighted by molar-refractivity contribution is 5.74. The van der Waals surface area contributed by atoms with Crippen LogP contribution in [0.1, 0.15) is 46.0 Å². The van der Waals surface area contributed by atoms with Gasteiger partial charge in [-0.15, -0.1) is 0 Å². The maximum atomic E-state index is 11.4. The topological polar surface area (TPSA) is 46.5 Å². The quantitative estimate of drug-likeness (QED) is 0.765. The van der Waals surface area contributed by atoms with Crippen LogP contribution in [0.15, 0.2) is 0 Å². The summed E-state index contributed by atoms with van der Waals surface area (Å²) in [5.41, 5.74) is -0.505. The molecule has 0 aromatic rings. The molecule has 0 atom stereocenters. The van der Waals surface area contributed by atoms with Crippen LogP contribution in [0.3, 0.4) is 0 Å². The van der Waals surface area contributed by atoms with Crippen molar-refractivity contribution in [2.24, 2.45) is 11.3 Å². The fourth-order valence-electron chi connectivity index (χ4n) is 2.40. The normalized spacial score (nSPS) is 20.5. The molecule has 0 aromatic heterocycles. The van der Waals surface area contributed by atoms with Gasteiger partial charge in [-0.05, 0) is 25.2 Å². The third-order valence-corrected chi connectivity index (χ3v) is 3.74. The molecule has 0 radical (unpaired) electrons. The van der Waals surface area contributed by atoms with E-state index < -0.39 is 11.4 Å². The van der Waals surface area contributed by atoms with Crippen LogP contribution in [0.5, 0.6) is 0 Å². The average molecular weight is 214 g/mol. The molecular weight excluding hydrogens is 192 g/mol. The summed E-state index contributed by atoms with van der Waals surface area (Å²) < 4.78 is 5.26. The van der Waals surface area contributed by atoms with Gasteiger partial charge >= 0.3 is 5.97 Å². The van der Waals surface area contributed by atoms with Crippen LogP contribution in [0.4, 0.5) is 0 Å². The Morgan fingerprint density at radius 3 is 2.27 bits per heavy atom. The smallest absolute Gasteiger partial charge is 0.309 e. The van der Waals surface area contributed by atoms with Gasteiger partial charge in [-0.25, -0.2) is 0 Å². The highest BCUT2D eigenvalue weighted by atomic mass is 16.5. The molecule has 1 saturated heterocycles. The number of hydrogen-bond donors (Lipinski definition) is 1. The minimum absolute atomic E-state index is 0.505. The molecule has 0 spiro atoms. The van der Waals surface area contributed by atoms with Gasteiger partial charge in [0.25, 0.3) is 0 Å². The summed E-state index contributed by atoms with van der Waals surface area (Å²) in [7, 11) is 0. The van der Waals surface area contributed by atoms with E-state index in [1.165, 1.54) is 0 Å². The molecule has 15 heavy (non-hydrogen) atoms. The van der Waals surface area contributed by atoms with Gasteiger partial charge in [-0.3, -0.25) is 4.79 Å². The predicted molar refractivity (Wildman–Crippen MR) is 58.8 cm³/mol. The van der Waals surface area contributed by atoms with Crippen molar-refractivity contribution in [1.82, 2.24) is 0 Å². The second kappa shape index (κ2) is 5.50. The summed E-state index contributed by atoms with van der Waals surface area (Å²) in [6.45, 7) is 5.49. The lowest BCUT2D eigenvalue weighted by Gasteiger charge is -2.35. The largest absolute Gasteiger partial charge is 0.481 e. The first-order chi connectivity index (χ1) is 7.14. The SMILES string of the molecule is CCC(CC)CC1(C(=O)O)CCOCC1. The van der Waals surface area contributed by atoms with Gasteiger partial charge in [-0.2, -0.15) is 0 Å². The van der Waals surface area contributed by atoms with E-state index in [0.29, 0.717) is 32.0 Å². The molecule has 1 fully saturated rings. The van der Waals surface area contributed by atoms with E-state index in [0.717, 1.165) is 19.3 Å². The number of rotatable bonds is 5. The third-order valence-electron chi connectivity index (χ3n) is 3.74. The van der Waals surface area contributed by atoms with E-state index >= 15 is 0 Å². The first-order valence-corrected chi connectivity index (χ1v) is 5.95. The molecular formula is C12H22O3. The maximum absolute atomic E-state index is 11.4. The van der Waals surface area contributed by atoms with Crippen molar-refractivity contribution in [2.75, 3.05) is 13.2 Å². The number of carboxylic acid groups (broad SMARTS) is 1. The van der Waals surface area contributed by atoms with Crippen LogP contribution in [0.2, 0.25) is 0 Å². The maximum Gasteiger partial charge on any atom is 0.309 e. The van der Waals surface area contributed by atoms with E-state index in [-0.39, 0.29) is 0 Å². The van der Waals surface area contributed by atoms with Gasteiger partial charge in [0.15, 0.2) is 0 Å². The van der Waals surface area contributed by atoms with Crippen molar-refractivity contribution in [2.45, 2.75) is 46.0 Å². The highest BCUT2D eigenvalue weighted by Crippen LogP contribution is 2.38. The number of aliphatic carboxylic acids is 1. The van der Waals surface area contributed by atoms with Crippen LogP contribution < -0.4 is 0 Å². The first-order valence-electron chi connectivity index (χ1n) is 5.95. The molecule has 3 heteroatoms. The van der Waals surface area contributed by atoms with Crippen molar-refractivity contribution >= 4 is 5.97 Å². The Balaban J connectivity index is 2.67. The summed E-state index contributed by atoms with van der Waals surface area (Å²) in [4.78, 5) is 11.4. The molecule has 0 aromatic carbocycles. The zero-order valence-electron chi connectivity index (χ0n) is 9.79. The summed E-state index contributed by atoms with van der Waals surface area (Å²) in [6, 6.07) is 0. The zero-order chi connectivity index (χ0) is 11.3. The third kappa shape index (κ3) is 2.94. The molecule has 1 heterocycles. The van der Waals surface area contributed by atoms with Crippen molar-refractivity contribution in [3.8, 4) is 0 Å². The Bertz CT molecular complexity index is 203. The Labute approximate surface area is 91.8 Å². The van der Waals surface area contributed by atoms with Gasteiger partial charge in [0, 0.05) is 13.2 Å². The van der Waals surface area contributed by atoms with Crippen molar-refractivity contribution in [3.63, 3.8) is 0 Å². The van der Waals surface area contributed by atoms with E-state index in [9.17, 15) is 9.90 Å². The van der Waals surface area contributed by atoms with E-state index in [2.05, 4.69) is 13.8 Å². The molecule has 1 aliphatic rings. The van der Waals surface area contributed by atoms with Crippen molar-refractivity contribution < 1.29 is 14.6 Å². The van der Waals surface area contributed by atoms with Crippen LogP contribution >= 0.6 is 0 Å². The van der Waals surface area contributed by atoms with Gasteiger partial charge in [-0.1, -0.05) is 26.7 Å². The summed E-state index contributed by atoms with van der Waals surface area (Å²) in [6.07, 6.45) is 4.33. The standard InChI is InChI=1S/C12H22O3/c1-3-10(4-2)9-12(11(13)14)5-7-15-8-6-12/h10H,3-9H2,1-2H3,(H,13,14). The Morgan fingerprint density at radius 2 is 1.87 bits per heavy atom. The van der Waals surface area contributed by atoms with Crippen molar-refractivity contribution in [1.29, 1.82) is 0 Å². The fraction of sp³-hybridized carbons (Fsp3) is 0.917. The van der Waals surface area contributed by atoms with E-state index in [1.807, 2.05) is 0 Å². The minimum Gasteiger partial charge on any atom is -0.481 e. The highest BCUT2D eigenvalue weighted by Gasteiger charge is 2.41. The molecule has 0 unspecified atom stereocenters.